The van der Waals surface area contributed by atoms with Crippen molar-refractivity contribution >= 4 is 17.7 Å². The minimum Gasteiger partial charge on any atom is -0.469 e. The van der Waals surface area contributed by atoms with E-state index >= 15 is 0 Å². The normalized spacial score (nSPS) is 22.5. The van der Waals surface area contributed by atoms with Gasteiger partial charge in [0.25, 0.3) is 0 Å². The number of carbonyl (C=O) groups is 2. The molecule has 0 radical (unpaired) electrons. The fraction of sp³-hybridized carbons (Fsp3) is 0.600. The molecule has 5 heteroatoms. The van der Waals surface area contributed by atoms with Crippen LogP contribution in [0.2, 0.25) is 0 Å². The Morgan fingerprint density at radius 1 is 1.24 bits per heavy atom. The zero-order valence-corrected chi connectivity index (χ0v) is 15.8. The molecular formula is C20H30N2O3. The van der Waals surface area contributed by atoms with Crippen LogP contribution in [-0.4, -0.2) is 25.2 Å². The Morgan fingerprint density at radius 3 is 2.52 bits per heavy atom. The molecule has 0 bridgehead atoms. The van der Waals surface area contributed by atoms with Gasteiger partial charge in [-0.3, -0.25) is 4.79 Å². The molecule has 1 aliphatic rings. The molecule has 1 aliphatic carbocycles. The predicted molar refractivity (Wildman–Crippen MR) is 99.7 cm³/mol. The zero-order chi connectivity index (χ0) is 18.4. The monoisotopic (exact) mass is 346 g/mol. The Labute approximate surface area is 150 Å². The van der Waals surface area contributed by atoms with Gasteiger partial charge in [0.2, 0.25) is 0 Å². The van der Waals surface area contributed by atoms with Crippen molar-refractivity contribution in [3.05, 3.63) is 29.3 Å². The van der Waals surface area contributed by atoms with Gasteiger partial charge in [-0.15, -0.1) is 0 Å². The lowest BCUT2D eigenvalue weighted by atomic mass is 9.78. The van der Waals surface area contributed by atoms with E-state index in [1.165, 1.54) is 7.11 Å². The van der Waals surface area contributed by atoms with Gasteiger partial charge in [0.15, 0.2) is 0 Å². The first-order valence-electron chi connectivity index (χ1n) is 9.15. The number of ether oxygens (including phenoxy) is 1. The maximum atomic E-state index is 12.5. The third kappa shape index (κ3) is 4.53. The third-order valence-corrected chi connectivity index (χ3v) is 5.14. The third-order valence-electron chi connectivity index (χ3n) is 5.14. The highest BCUT2D eigenvalue weighted by Gasteiger charge is 2.50. The predicted octanol–water partition coefficient (Wildman–Crippen LogP) is 4.33. The molecule has 138 valence electrons. The van der Waals surface area contributed by atoms with E-state index in [1.807, 2.05) is 26.0 Å². The van der Waals surface area contributed by atoms with Gasteiger partial charge in [0, 0.05) is 11.7 Å². The van der Waals surface area contributed by atoms with Crippen molar-refractivity contribution < 1.29 is 14.3 Å². The summed E-state index contributed by atoms with van der Waals surface area (Å²) >= 11 is 0. The summed E-state index contributed by atoms with van der Waals surface area (Å²) in [6.07, 6.45) is 5.22. The number of carbonyl (C=O) groups excluding carboxylic acids is 2. The van der Waals surface area contributed by atoms with Crippen molar-refractivity contribution in [3.8, 4) is 0 Å². The van der Waals surface area contributed by atoms with Crippen molar-refractivity contribution in [3.63, 3.8) is 0 Å². The van der Waals surface area contributed by atoms with Crippen LogP contribution in [0.1, 0.15) is 56.6 Å². The molecule has 0 aliphatic heterocycles. The summed E-state index contributed by atoms with van der Waals surface area (Å²) in [5.74, 6) is -0.199. The van der Waals surface area contributed by atoms with Gasteiger partial charge in [0.1, 0.15) is 0 Å². The van der Waals surface area contributed by atoms with E-state index in [9.17, 15) is 9.59 Å². The van der Waals surface area contributed by atoms with Gasteiger partial charge >= 0.3 is 12.0 Å². The molecule has 2 rings (SSSR count). The van der Waals surface area contributed by atoms with Crippen molar-refractivity contribution in [2.24, 2.45) is 5.41 Å². The molecule has 0 unspecified atom stereocenters. The number of esters is 1. The topological polar surface area (TPSA) is 67.4 Å². The van der Waals surface area contributed by atoms with Gasteiger partial charge in [-0.25, -0.2) is 4.79 Å². The second-order valence-corrected chi connectivity index (χ2v) is 7.17. The van der Waals surface area contributed by atoms with E-state index in [2.05, 4.69) is 23.6 Å². The highest BCUT2D eigenvalue weighted by atomic mass is 16.5. The van der Waals surface area contributed by atoms with E-state index in [0.717, 1.165) is 55.3 Å². The molecule has 2 N–H and O–H groups in total. The SMILES string of the molecule is CCCC[C@@]1(C(=O)OC)CCC[C@H]1NC(=O)Nc1cc(C)cc(C)c1. The lowest BCUT2D eigenvalue weighted by molar-refractivity contribution is -0.154. The number of hydrogen-bond acceptors (Lipinski definition) is 3. The number of anilines is 1. The molecule has 1 fully saturated rings. The minimum atomic E-state index is -0.593. The first-order chi connectivity index (χ1) is 11.9. The van der Waals surface area contributed by atoms with Crippen LogP contribution in [0.5, 0.6) is 0 Å². The number of urea groups is 1. The quantitative estimate of drug-likeness (QED) is 0.754. The van der Waals surface area contributed by atoms with Gasteiger partial charge in [0.05, 0.1) is 12.5 Å². The maximum Gasteiger partial charge on any atom is 0.319 e. The van der Waals surface area contributed by atoms with E-state index in [4.69, 9.17) is 4.74 Å². The summed E-state index contributed by atoms with van der Waals surface area (Å²) in [5.41, 5.74) is 2.38. The Balaban J connectivity index is 2.10. The van der Waals surface area contributed by atoms with Crippen LogP contribution in [0.15, 0.2) is 18.2 Å². The van der Waals surface area contributed by atoms with E-state index in [-0.39, 0.29) is 18.0 Å². The summed E-state index contributed by atoms with van der Waals surface area (Å²) in [6, 6.07) is 5.49. The molecule has 0 saturated heterocycles. The summed E-state index contributed by atoms with van der Waals surface area (Å²) in [6.45, 7) is 6.11. The number of nitrogens with one attached hydrogen (secondary N) is 2. The number of rotatable bonds is 6. The van der Waals surface area contributed by atoms with E-state index < -0.39 is 5.41 Å². The van der Waals surface area contributed by atoms with E-state index in [0.29, 0.717) is 0 Å². The lowest BCUT2D eigenvalue weighted by Crippen LogP contribution is -2.50. The Hall–Kier alpha value is -2.04. The van der Waals surface area contributed by atoms with Crippen molar-refractivity contribution in [1.82, 2.24) is 5.32 Å². The smallest absolute Gasteiger partial charge is 0.319 e. The van der Waals surface area contributed by atoms with Crippen molar-refractivity contribution in [1.29, 1.82) is 0 Å². The second kappa shape index (κ2) is 8.37. The highest BCUT2D eigenvalue weighted by molar-refractivity contribution is 5.90. The van der Waals surface area contributed by atoms with Gasteiger partial charge in [-0.1, -0.05) is 32.3 Å². The average Bonchev–Trinajstić information content (AvgIpc) is 2.94. The molecule has 1 aromatic rings. The Kier molecular flexibility index (Phi) is 6.45. The molecular weight excluding hydrogens is 316 g/mol. The molecule has 5 nitrogen and oxygen atoms in total. The number of hydrogen-bond donors (Lipinski definition) is 2. The first-order valence-corrected chi connectivity index (χ1v) is 9.15. The summed E-state index contributed by atoms with van der Waals surface area (Å²) in [5, 5.41) is 5.93. The molecule has 1 saturated carbocycles. The number of benzene rings is 1. The Bertz CT molecular complexity index is 609. The van der Waals surface area contributed by atoms with Crippen LogP contribution in [-0.2, 0) is 9.53 Å². The van der Waals surface area contributed by atoms with Gasteiger partial charge < -0.3 is 15.4 Å². The number of aryl methyl sites for hydroxylation is 2. The number of amides is 2. The molecule has 1 aromatic carbocycles. The number of unbranched alkanes of at least 4 members (excludes halogenated alkanes) is 1. The molecule has 2 amide bonds. The molecule has 0 heterocycles. The number of methoxy groups -OCH3 is 1. The van der Waals surface area contributed by atoms with Crippen LogP contribution >= 0.6 is 0 Å². The fourth-order valence-corrected chi connectivity index (χ4v) is 4.00. The largest absolute Gasteiger partial charge is 0.469 e. The lowest BCUT2D eigenvalue weighted by Gasteiger charge is -2.33. The van der Waals surface area contributed by atoms with Crippen LogP contribution in [0.4, 0.5) is 10.5 Å². The van der Waals surface area contributed by atoms with Gasteiger partial charge in [-0.2, -0.15) is 0 Å². The van der Waals surface area contributed by atoms with Crippen molar-refractivity contribution in [2.75, 3.05) is 12.4 Å². The van der Waals surface area contributed by atoms with Crippen LogP contribution in [0.25, 0.3) is 0 Å². The molecule has 2 atom stereocenters. The summed E-state index contributed by atoms with van der Waals surface area (Å²) < 4.78 is 5.09. The minimum absolute atomic E-state index is 0.183. The maximum absolute atomic E-state index is 12.5. The van der Waals surface area contributed by atoms with Gasteiger partial charge in [-0.05, 0) is 56.4 Å². The van der Waals surface area contributed by atoms with Crippen LogP contribution < -0.4 is 10.6 Å². The fourth-order valence-electron chi connectivity index (χ4n) is 4.00. The van der Waals surface area contributed by atoms with E-state index in [1.54, 1.807) is 0 Å². The van der Waals surface area contributed by atoms with Crippen molar-refractivity contribution in [2.45, 2.75) is 65.3 Å². The molecule has 25 heavy (non-hydrogen) atoms. The van der Waals surface area contributed by atoms with Crippen LogP contribution in [0, 0.1) is 19.3 Å². The summed E-state index contributed by atoms with van der Waals surface area (Å²) in [4.78, 5) is 25.0. The average molecular weight is 346 g/mol. The Morgan fingerprint density at radius 2 is 1.92 bits per heavy atom. The molecule has 0 spiro atoms. The zero-order valence-electron chi connectivity index (χ0n) is 15.8. The second-order valence-electron chi connectivity index (χ2n) is 7.17. The highest BCUT2D eigenvalue weighted by Crippen LogP contribution is 2.43. The first kappa shape index (κ1) is 19.3. The van der Waals surface area contributed by atoms with Crippen LogP contribution in [0.3, 0.4) is 0 Å². The molecule has 0 aromatic heterocycles. The standard InChI is InChI=1S/C20H30N2O3/c1-5-6-9-20(18(23)25-4)10-7-8-17(20)22-19(24)21-16-12-14(2)11-15(3)13-16/h11-13,17H,5-10H2,1-4H3,(H2,21,22,24)/t17-,20-/m1/s1. The summed E-state index contributed by atoms with van der Waals surface area (Å²) in [7, 11) is 1.43.